The summed E-state index contributed by atoms with van der Waals surface area (Å²) in [4.78, 5) is 10.3. The predicted octanol–water partition coefficient (Wildman–Crippen LogP) is -0.974. The maximum atomic E-state index is 9.50. The van der Waals surface area contributed by atoms with E-state index < -0.39 is 12.2 Å². The molecule has 0 amide bonds. The number of anilines is 2. The third-order valence-electron chi connectivity index (χ3n) is 2.61. The molecule has 2 unspecified atom stereocenters. The summed E-state index contributed by atoms with van der Waals surface area (Å²) in [5.41, 5.74) is 2.47. The first-order valence-electron chi connectivity index (χ1n) is 5.15. The molecule has 0 bridgehead atoms. The number of hydrazine groups is 1. The van der Waals surface area contributed by atoms with Crippen LogP contribution in [0.25, 0.3) is 0 Å². The van der Waals surface area contributed by atoms with Crippen molar-refractivity contribution in [2.24, 2.45) is 5.84 Å². The van der Waals surface area contributed by atoms with Crippen LogP contribution in [-0.2, 0) is 0 Å². The Balaban J connectivity index is 2.26. The van der Waals surface area contributed by atoms with Gasteiger partial charge in [-0.1, -0.05) is 11.8 Å². The standard InChI is InChI=1S/C9H15N5O2S/c1-17-9-11-7(13-10)2-8(12-9)14-3-5(15)6(16)4-14/h2,5-6,15-16H,3-4,10H2,1H3,(H,11,12,13). The van der Waals surface area contributed by atoms with Crippen molar-refractivity contribution in [3.8, 4) is 0 Å². The second kappa shape index (κ2) is 5.05. The molecule has 1 aromatic rings. The molecule has 94 valence electrons. The average molecular weight is 257 g/mol. The molecule has 2 atom stereocenters. The highest BCUT2D eigenvalue weighted by atomic mass is 32.2. The van der Waals surface area contributed by atoms with Gasteiger partial charge in [0.25, 0.3) is 0 Å². The molecule has 0 radical (unpaired) electrons. The summed E-state index contributed by atoms with van der Waals surface area (Å²) in [5, 5.41) is 19.6. The topological polar surface area (TPSA) is 108 Å². The lowest BCUT2D eigenvalue weighted by Gasteiger charge is -2.17. The van der Waals surface area contributed by atoms with Crippen LogP contribution in [0.5, 0.6) is 0 Å². The number of aliphatic hydroxyl groups is 2. The van der Waals surface area contributed by atoms with Gasteiger partial charge in [0.1, 0.15) is 11.6 Å². The molecule has 1 aliphatic heterocycles. The Morgan fingerprint density at radius 2 is 2.06 bits per heavy atom. The Bertz CT molecular complexity index is 373. The van der Waals surface area contributed by atoms with Crippen molar-refractivity contribution < 1.29 is 10.2 Å². The van der Waals surface area contributed by atoms with E-state index in [4.69, 9.17) is 5.84 Å². The summed E-state index contributed by atoms with van der Waals surface area (Å²) in [6, 6.07) is 1.68. The number of nitrogen functional groups attached to an aromatic ring is 1. The van der Waals surface area contributed by atoms with Gasteiger partial charge in [-0.15, -0.1) is 0 Å². The first kappa shape index (κ1) is 12.4. The number of rotatable bonds is 3. The fourth-order valence-corrected chi connectivity index (χ4v) is 2.07. The van der Waals surface area contributed by atoms with E-state index >= 15 is 0 Å². The molecule has 8 heteroatoms. The summed E-state index contributed by atoms with van der Waals surface area (Å²) in [7, 11) is 0. The van der Waals surface area contributed by atoms with Crippen molar-refractivity contribution in [3.05, 3.63) is 6.07 Å². The van der Waals surface area contributed by atoms with Crippen LogP contribution in [0.3, 0.4) is 0 Å². The second-order valence-corrected chi connectivity index (χ2v) is 4.56. The molecule has 1 fully saturated rings. The Morgan fingerprint density at radius 3 is 2.59 bits per heavy atom. The number of nitrogens with zero attached hydrogens (tertiary/aromatic N) is 3. The Labute approximate surface area is 103 Å². The summed E-state index contributed by atoms with van der Waals surface area (Å²) in [6.45, 7) is 0.714. The van der Waals surface area contributed by atoms with Crippen LogP contribution in [0.2, 0.25) is 0 Å². The van der Waals surface area contributed by atoms with Gasteiger partial charge in [-0.3, -0.25) is 0 Å². The van der Waals surface area contributed by atoms with E-state index in [2.05, 4.69) is 15.4 Å². The number of aromatic nitrogens is 2. The first-order valence-corrected chi connectivity index (χ1v) is 6.37. The third-order valence-corrected chi connectivity index (χ3v) is 3.15. The maximum Gasteiger partial charge on any atom is 0.191 e. The van der Waals surface area contributed by atoms with Gasteiger partial charge < -0.3 is 20.5 Å². The number of nitrogens with two attached hydrogens (primary N) is 1. The molecule has 0 aromatic carbocycles. The summed E-state index contributed by atoms with van der Waals surface area (Å²) in [5.74, 6) is 6.48. The quantitative estimate of drug-likeness (QED) is 0.237. The fourth-order valence-electron chi connectivity index (χ4n) is 1.70. The average Bonchev–Trinajstić information content (AvgIpc) is 2.69. The van der Waals surface area contributed by atoms with Crippen LogP contribution < -0.4 is 16.2 Å². The molecule has 0 spiro atoms. The molecule has 0 aliphatic carbocycles. The smallest absolute Gasteiger partial charge is 0.191 e. The Kier molecular flexibility index (Phi) is 3.67. The van der Waals surface area contributed by atoms with E-state index in [1.165, 1.54) is 11.8 Å². The molecular weight excluding hydrogens is 242 g/mol. The SMILES string of the molecule is CSc1nc(NN)cc(N2CC(O)C(O)C2)n1. The van der Waals surface area contributed by atoms with Crippen LogP contribution >= 0.6 is 11.8 Å². The molecule has 7 nitrogen and oxygen atoms in total. The van der Waals surface area contributed by atoms with Crippen molar-refractivity contribution in [3.63, 3.8) is 0 Å². The summed E-state index contributed by atoms with van der Waals surface area (Å²) >= 11 is 1.40. The van der Waals surface area contributed by atoms with Gasteiger partial charge in [-0.25, -0.2) is 15.8 Å². The van der Waals surface area contributed by atoms with Crippen LogP contribution in [0.1, 0.15) is 0 Å². The molecule has 2 heterocycles. The van der Waals surface area contributed by atoms with Gasteiger partial charge in [0, 0.05) is 19.2 Å². The van der Waals surface area contributed by atoms with Crippen molar-refractivity contribution in [1.82, 2.24) is 9.97 Å². The van der Waals surface area contributed by atoms with Crippen LogP contribution in [-0.4, -0.2) is 51.7 Å². The van der Waals surface area contributed by atoms with E-state index in [1.54, 1.807) is 11.0 Å². The fraction of sp³-hybridized carbons (Fsp3) is 0.556. The second-order valence-electron chi connectivity index (χ2n) is 3.78. The lowest BCUT2D eigenvalue weighted by Crippen LogP contribution is -2.23. The number of aliphatic hydroxyl groups excluding tert-OH is 2. The number of hydrogen-bond donors (Lipinski definition) is 4. The van der Waals surface area contributed by atoms with Gasteiger partial charge in [0.15, 0.2) is 5.16 Å². The molecule has 1 saturated heterocycles. The number of hydrogen-bond acceptors (Lipinski definition) is 8. The third kappa shape index (κ3) is 2.60. The van der Waals surface area contributed by atoms with E-state index in [-0.39, 0.29) is 0 Å². The predicted molar refractivity (Wildman–Crippen MR) is 65.8 cm³/mol. The minimum atomic E-state index is -0.739. The van der Waals surface area contributed by atoms with Gasteiger partial charge in [0.2, 0.25) is 0 Å². The van der Waals surface area contributed by atoms with Gasteiger partial charge in [-0.05, 0) is 6.26 Å². The Hall–Kier alpha value is -1.09. The number of β-amino-alcohol motifs (C(OH)–C–C–N with tert-alkyl or cyclic N) is 2. The highest BCUT2D eigenvalue weighted by Gasteiger charge is 2.30. The normalized spacial score (nSPS) is 24.1. The molecule has 5 N–H and O–H groups in total. The highest BCUT2D eigenvalue weighted by molar-refractivity contribution is 7.98. The molecule has 1 aliphatic rings. The van der Waals surface area contributed by atoms with Crippen molar-refractivity contribution in [2.75, 3.05) is 29.7 Å². The van der Waals surface area contributed by atoms with E-state index in [9.17, 15) is 10.2 Å². The minimum absolute atomic E-state index is 0.357. The monoisotopic (exact) mass is 257 g/mol. The van der Waals surface area contributed by atoms with E-state index in [1.807, 2.05) is 6.26 Å². The Morgan fingerprint density at radius 1 is 1.41 bits per heavy atom. The van der Waals surface area contributed by atoms with Gasteiger partial charge in [-0.2, -0.15) is 0 Å². The van der Waals surface area contributed by atoms with Crippen molar-refractivity contribution >= 4 is 23.4 Å². The zero-order valence-corrected chi connectivity index (χ0v) is 10.2. The molecule has 2 rings (SSSR count). The molecular formula is C9H15N5O2S. The largest absolute Gasteiger partial charge is 0.389 e. The zero-order valence-electron chi connectivity index (χ0n) is 9.37. The zero-order chi connectivity index (χ0) is 12.4. The summed E-state index contributed by atoms with van der Waals surface area (Å²) < 4.78 is 0. The maximum absolute atomic E-state index is 9.50. The number of thioether (sulfide) groups is 1. The van der Waals surface area contributed by atoms with E-state index in [0.29, 0.717) is 29.9 Å². The molecule has 0 saturated carbocycles. The van der Waals surface area contributed by atoms with Crippen LogP contribution in [0, 0.1) is 0 Å². The van der Waals surface area contributed by atoms with E-state index in [0.717, 1.165) is 0 Å². The van der Waals surface area contributed by atoms with Gasteiger partial charge in [0.05, 0.1) is 12.2 Å². The lowest BCUT2D eigenvalue weighted by molar-refractivity contribution is 0.0572. The highest BCUT2D eigenvalue weighted by Crippen LogP contribution is 2.23. The van der Waals surface area contributed by atoms with Crippen molar-refractivity contribution in [2.45, 2.75) is 17.4 Å². The molecule has 17 heavy (non-hydrogen) atoms. The minimum Gasteiger partial charge on any atom is -0.389 e. The van der Waals surface area contributed by atoms with Crippen molar-refractivity contribution in [1.29, 1.82) is 0 Å². The molecule has 1 aromatic heterocycles. The first-order chi connectivity index (χ1) is 8.13. The van der Waals surface area contributed by atoms with Crippen LogP contribution in [0.4, 0.5) is 11.6 Å². The number of nitrogens with one attached hydrogen (secondary N) is 1. The summed E-state index contributed by atoms with van der Waals surface area (Å²) in [6.07, 6.45) is 0.390. The van der Waals surface area contributed by atoms with Crippen LogP contribution in [0.15, 0.2) is 11.2 Å². The van der Waals surface area contributed by atoms with Gasteiger partial charge >= 0.3 is 0 Å². The lowest BCUT2D eigenvalue weighted by atomic mass is 10.3.